The molecule has 2 N–H and O–H groups in total. The molecule has 0 atom stereocenters. The van der Waals surface area contributed by atoms with Crippen molar-refractivity contribution in [2.75, 3.05) is 0 Å². The predicted molar refractivity (Wildman–Crippen MR) is 53.9 cm³/mol. The fourth-order valence-electron chi connectivity index (χ4n) is 0.720. The maximum Gasteiger partial charge on any atom is 0.394 e. The molecule has 0 radical (unpaired) electrons. The van der Waals surface area contributed by atoms with Crippen molar-refractivity contribution in [1.29, 1.82) is 0 Å². The number of rotatable bonds is 2. The first-order valence-electron chi connectivity index (χ1n) is 3.70. The van der Waals surface area contributed by atoms with Crippen molar-refractivity contribution in [1.82, 2.24) is 0 Å². The first-order chi connectivity index (χ1) is 7.61. The Kier molecular flexibility index (Phi) is 5.11. The highest BCUT2D eigenvalue weighted by molar-refractivity contribution is 7.79. The molecule has 0 saturated heterocycles. The van der Waals surface area contributed by atoms with Gasteiger partial charge < -0.3 is 0 Å². The molecule has 0 heterocycles. The Bertz CT molecular complexity index is 487. The Hall–Kier alpha value is -2.11. The van der Waals surface area contributed by atoms with E-state index in [4.69, 9.17) is 17.5 Å². The molecule has 0 bridgehead atoms. The van der Waals surface area contributed by atoms with E-state index in [1.165, 1.54) is 18.2 Å². The zero-order valence-corrected chi connectivity index (χ0v) is 8.77. The molecule has 0 saturated carbocycles. The third-order valence-electron chi connectivity index (χ3n) is 1.25. The Morgan fingerprint density at radius 2 is 1.29 bits per heavy atom. The quantitative estimate of drug-likeness (QED) is 0.452. The van der Waals surface area contributed by atoms with E-state index < -0.39 is 20.2 Å². The Morgan fingerprint density at radius 1 is 1.00 bits per heavy atom. The molecule has 17 heavy (non-hydrogen) atoms. The minimum atomic E-state index is -4.67. The van der Waals surface area contributed by atoms with E-state index in [2.05, 4.69) is 0 Å². The largest absolute Gasteiger partial charge is 0.394 e. The summed E-state index contributed by atoms with van der Waals surface area (Å²) in [6.45, 7) is 0. The zero-order valence-electron chi connectivity index (χ0n) is 7.96. The predicted octanol–water partition coefficient (Wildman–Crippen LogP) is 0.850. The molecule has 10 nitrogen and oxygen atoms in total. The molecule has 0 spiro atoms. The van der Waals surface area contributed by atoms with Gasteiger partial charge in [-0.3, -0.25) is 29.3 Å². The van der Waals surface area contributed by atoms with Crippen molar-refractivity contribution in [2.45, 2.75) is 0 Å². The maximum absolute atomic E-state index is 10.2. The van der Waals surface area contributed by atoms with Crippen LogP contribution < -0.4 is 0 Å². The van der Waals surface area contributed by atoms with Gasteiger partial charge in [-0.2, -0.15) is 8.42 Å². The van der Waals surface area contributed by atoms with Crippen LogP contribution in [0.15, 0.2) is 24.3 Å². The van der Waals surface area contributed by atoms with Crippen molar-refractivity contribution in [3.8, 4) is 0 Å². The normalized spacial score (nSPS) is 10.0. The fraction of sp³-hybridized carbons (Fsp3) is 0. The van der Waals surface area contributed by atoms with Crippen LogP contribution in [0.3, 0.4) is 0 Å². The van der Waals surface area contributed by atoms with Crippen molar-refractivity contribution >= 4 is 21.8 Å². The molecule has 0 aliphatic rings. The number of benzene rings is 1. The van der Waals surface area contributed by atoms with E-state index in [0.29, 0.717) is 0 Å². The standard InChI is InChI=1S/C6H4N2O4.H2O4S/c9-7(10)5-2-1-3-6(4-5)8(11)12;1-5(2,3)4/h1-4H;(H2,1,2,3,4). The van der Waals surface area contributed by atoms with E-state index >= 15 is 0 Å². The van der Waals surface area contributed by atoms with Gasteiger partial charge in [0, 0.05) is 12.1 Å². The summed E-state index contributed by atoms with van der Waals surface area (Å²) in [4.78, 5) is 19.0. The summed E-state index contributed by atoms with van der Waals surface area (Å²) in [7, 11) is -4.67. The monoisotopic (exact) mass is 266 g/mol. The zero-order chi connectivity index (χ0) is 13.6. The molecule has 0 aromatic heterocycles. The highest BCUT2D eigenvalue weighted by atomic mass is 32.3. The first kappa shape index (κ1) is 14.9. The smallest absolute Gasteiger partial charge is 0.264 e. The average molecular weight is 266 g/mol. The van der Waals surface area contributed by atoms with Gasteiger partial charge in [0.2, 0.25) is 0 Å². The lowest BCUT2D eigenvalue weighted by molar-refractivity contribution is -0.394. The fourth-order valence-corrected chi connectivity index (χ4v) is 0.720. The number of hydrogen-bond donors (Lipinski definition) is 2. The van der Waals surface area contributed by atoms with Crippen molar-refractivity contribution < 1.29 is 27.4 Å². The average Bonchev–Trinajstić information content (AvgIpc) is 2.15. The second-order valence-corrected chi connectivity index (χ2v) is 3.38. The van der Waals surface area contributed by atoms with Gasteiger partial charge in [-0.1, -0.05) is 0 Å². The van der Waals surface area contributed by atoms with Gasteiger partial charge in [-0.05, 0) is 6.07 Å². The van der Waals surface area contributed by atoms with Gasteiger partial charge in [-0.15, -0.1) is 0 Å². The molecule has 11 heteroatoms. The Labute approximate surface area is 94.4 Å². The molecular formula is C6H6N2O8S. The number of non-ortho nitro benzene ring substituents is 2. The maximum atomic E-state index is 10.2. The van der Waals surface area contributed by atoms with Crippen LogP contribution in [-0.2, 0) is 10.4 Å². The lowest BCUT2D eigenvalue weighted by atomic mass is 10.3. The van der Waals surface area contributed by atoms with Crippen LogP contribution in [0.4, 0.5) is 11.4 Å². The SMILES string of the molecule is O=S(=O)(O)O.O=[N+]([O-])c1cccc([N+](=O)[O-])c1. The van der Waals surface area contributed by atoms with Crippen molar-refractivity contribution in [2.24, 2.45) is 0 Å². The summed E-state index contributed by atoms with van der Waals surface area (Å²) in [6.07, 6.45) is 0. The van der Waals surface area contributed by atoms with Crippen LogP contribution in [0.5, 0.6) is 0 Å². The molecule has 0 amide bonds. The van der Waals surface area contributed by atoms with E-state index in [9.17, 15) is 20.2 Å². The van der Waals surface area contributed by atoms with Crippen LogP contribution >= 0.6 is 0 Å². The summed E-state index contributed by atoms with van der Waals surface area (Å²) in [5.41, 5.74) is -0.548. The van der Waals surface area contributed by atoms with Crippen molar-refractivity contribution in [3.63, 3.8) is 0 Å². The van der Waals surface area contributed by atoms with E-state index in [0.717, 1.165) is 6.07 Å². The molecule has 94 valence electrons. The molecule has 1 aromatic carbocycles. The Balaban J connectivity index is 0.000000437. The molecule has 1 aromatic rings. The molecule has 0 aliphatic carbocycles. The van der Waals surface area contributed by atoms with Crippen LogP contribution in [0, 0.1) is 20.2 Å². The van der Waals surface area contributed by atoms with Crippen LogP contribution in [-0.4, -0.2) is 27.4 Å². The number of nitrogens with zero attached hydrogens (tertiary/aromatic N) is 2. The van der Waals surface area contributed by atoms with E-state index in [1.54, 1.807) is 0 Å². The lowest BCUT2D eigenvalue weighted by Crippen LogP contribution is -1.91. The second-order valence-electron chi connectivity index (χ2n) is 2.48. The van der Waals surface area contributed by atoms with Crippen LogP contribution in [0.1, 0.15) is 0 Å². The topological polar surface area (TPSA) is 161 Å². The van der Waals surface area contributed by atoms with Gasteiger partial charge >= 0.3 is 10.4 Å². The summed E-state index contributed by atoms with van der Waals surface area (Å²) >= 11 is 0. The summed E-state index contributed by atoms with van der Waals surface area (Å²) in [6, 6.07) is 4.59. The molecule has 0 fully saturated rings. The first-order valence-corrected chi connectivity index (χ1v) is 5.09. The highest BCUT2D eigenvalue weighted by Crippen LogP contribution is 2.18. The minimum Gasteiger partial charge on any atom is -0.264 e. The van der Waals surface area contributed by atoms with Gasteiger partial charge in [0.1, 0.15) is 0 Å². The van der Waals surface area contributed by atoms with Gasteiger partial charge in [0.15, 0.2) is 0 Å². The number of hydrogen-bond acceptors (Lipinski definition) is 6. The summed E-state index contributed by atoms with van der Waals surface area (Å²) < 4.78 is 31.6. The number of nitro benzene ring substituents is 2. The summed E-state index contributed by atoms with van der Waals surface area (Å²) in [5.74, 6) is 0. The minimum absolute atomic E-state index is 0.274. The van der Waals surface area contributed by atoms with Crippen LogP contribution in [0.25, 0.3) is 0 Å². The molecule has 0 unspecified atom stereocenters. The third-order valence-corrected chi connectivity index (χ3v) is 1.25. The second kappa shape index (κ2) is 5.83. The number of nitro groups is 2. The van der Waals surface area contributed by atoms with E-state index in [-0.39, 0.29) is 11.4 Å². The molecule has 0 aliphatic heterocycles. The van der Waals surface area contributed by atoms with Gasteiger partial charge in [0.25, 0.3) is 11.4 Å². The lowest BCUT2D eigenvalue weighted by Gasteiger charge is -1.90. The highest BCUT2D eigenvalue weighted by Gasteiger charge is 2.11. The van der Waals surface area contributed by atoms with Gasteiger partial charge in [-0.25, -0.2) is 0 Å². The van der Waals surface area contributed by atoms with Crippen LogP contribution in [0.2, 0.25) is 0 Å². The molecule has 1 rings (SSSR count). The Morgan fingerprint density at radius 3 is 1.53 bits per heavy atom. The van der Waals surface area contributed by atoms with Gasteiger partial charge in [0.05, 0.1) is 15.9 Å². The summed E-state index contributed by atoms with van der Waals surface area (Å²) in [5, 5.41) is 20.3. The molecular weight excluding hydrogens is 260 g/mol. The van der Waals surface area contributed by atoms with E-state index in [1.807, 2.05) is 0 Å². The third kappa shape index (κ3) is 7.78. The van der Waals surface area contributed by atoms with Crippen molar-refractivity contribution in [3.05, 3.63) is 44.5 Å².